The van der Waals surface area contributed by atoms with Crippen LogP contribution in [0.1, 0.15) is 27.9 Å². The number of Topliss-reactive ketones (excluding diaryl/α,β-unsaturated/α-hetero) is 1. The fourth-order valence-corrected chi connectivity index (χ4v) is 2.72. The number of halogens is 1. The van der Waals surface area contributed by atoms with Crippen LogP contribution in [0, 0.1) is 0 Å². The van der Waals surface area contributed by atoms with Crippen LogP contribution < -0.4 is 4.74 Å². The molecule has 102 valence electrons. The molecule has 0 amide bonds. The van der Waals surface area contributed by atoms with E-state index in [-0.39, 0.29) is 5.78 Å². The molecule has 0 fully saturated rings. The molecule has 3 heteroatoms. The molecule has 0 aliphatic carbocycles. The summed E-state index contributed by atoms with van der Waals surface area (Å²) in [5, 5.41) is 0.631. The van der Waals surface area contributed by atoms with Crippen molar-refractivity contribution in [1.29, 1.82) is 0 Å². The highest BCUT2D eigenvalue weighted by Crippen LogP contribution is 2.30. The first-order valence-corrected chi connectivity index (χ1v) is 7.15. The van der Waals surface area contributed by atoms with E-state index in [1.54, 1.807) is 6.07 Å². The number of rotatable bonds is 3. The van der Waals surface area contributed by atoms with Gasteiger partial charge >= 0.3 is 0 Å². The van der Waals surface area contributed by atoms with E-state index in [0.717, 1.165) is 29.7 Å². The molecule has 0 unspecified atom stereocenters. The standard InChI is InChI=1S/C17H15ClO2/c18-15-9-2-1-5-13(15)11-16(19)14-8-3-6-12-7-4-10-20-17(12)14/h1-3,5-6,8-9H,4,7,10-11H2. The zero-order chi connectivity index (χ0) is 13.9. The van der Waals surface area contributed by atoms with E-state index in [1.165, 1.54) is 0 Å². The molecular formula is C17H15ClO2. The zero-order valence-electron chi connectivity index (χ0n) is 11.1. The maximum Gasteiger partial charge on any atom is 0.171 e. The average Bonchev–Trinajstić information content (AvgIpc) is 2.49. The van der Waals surface area contributed by atoms with Gasteiger partial charge in [0.2, 0.25) is 0 Å². The molecule has 0 radical (unpaired) electrons. The van der Waals surface area contributed by atoms with E-state index in [9.17, 15) is 4.79 Å². The van der Waals surface area contributed by atoms with Gasteiger partial charge in [-0.2, -0.15) is 0 Å². The van der Waals surface area contributed by atoms with Crippen LogP contribution in [0.4, 0.5) is 0 Å². The lowest BCUT2D eigenvalue weighted by atomic mass is 9.97. The van der Waals surface area contributed by atoms with Crippen molar-refractivity contribution >= 4 is 17.4 Å². The van der Waals surface area contributed by atoms with Crippen LogP contribution in [0.15, 0.2) is 42.5 Å². The summed E-state index contributed by atoms with van der Waals surface area (Å²) in [7, 11) is 0. The Balaban J connectivity index is 1.90. The molecule has 1 aliphatic heterocycles. The van der Waals surface area contributed by atoms with E-state index in [2.05, 4.69) is 0 Å². The monoisotopic (exact) mass is 286 g/mol. The number of aryl methyl sites for hydroxylation is 1. The minimum absolute atomic E-state index is 0.0526. The second kappa shape index (κ2) is 5.68. The van der Waals surface area contributed by atoms with Gasteiger partial charge in [-0.25, -0.2) is 0 Å². The zero-order valence-corrected chi connectivity index (χ0v) is 11.8. The Kier molecular flexibility index (Phi) is 3.75. The Morgan fingerprint density at radius 2 is 2.00 bits per heavy atom. The lowest BCUT2D eigenvalue weighted by molar-refractivity contribution is 0.0988. The maximum absolute atomic E-state index is 12.5. The Hall–Kier alpha value is -1.80. The smallest absolute Gasteiger partial charge is 0.171 e. The number of ether oxygens (including phenoxy) is 1. The lowest BCUT2D eigenvalue weighted by Gasteiger charge is -2.19. The number of carbonyl (C=O) groups excluding carboxylic acids is 1. The molecule has 2 nitrogen and oxygen atoms in total. The van der Waals surface area contributed by atoms with E-state index in [4.69, 9.17) is 16.3 Å². The number of fused-ring (bicyclic) bond motifs is 1. The van der Waals surface area contributed by atoms with Gasteiger partial charge in [0.15, 0.2) is 5.78 Å². The number of ketones is 1. The molecule has 2 aromatic carbocycles. The number of carbonyl (C=O) groups is 1. The van der Waals surface area contributed by atoms with Crippen LogP contribution in [0.2, 0.25) is 5.02 Å². The van der Waals surface area contributed by atoms with E-state index < -0.39 is 0 Å². The first kappa shape index (κ1) is 13.2. The Bertz CT molecular complexity index is 649. The van der Waals surface area contributed by atoms with Gasteiger partial charge in [-0.05, 0) is 36.1 Å². The molecule has 1 aliphatic rings. The van der Waals surface area contributed by atoms with Gasteiger partial charge in [0, 0.05) is 11.4 Å². The fourth-order valence-electron chi connectivity index (χ4n) is 2.52. The molecule has 0 N–H and O–H groups in total. The summed E-state index contributed by atoms with van der Waals surface area (Å²) in [6.07, 6.45) is 2.29. The molecule has 2 aromatic rings. The van der Waals surface area contributed by atoms with E-state index in [1.807, 2.05) is 36.4 Å². The van der Waals surface area contributed by atoms with Gasteiger partial charge in [-0.1, -0.05) is 41.9 Å². The maximum atomic E-state index is 12.5. The summed E-state index contributed by atoms with van der Waals surface area (Å²) in [6.45, 7) is 0.684. The Morgan fingerprint density at radius 1 is 1.15 bits per heavy atom. The van der Waals surface area contributed by atoms with Crippen LogP contribution in [0.5, 0.6) is 5.75 Å². The van der Waals surface area contributed by atoms with Gasteiger partial charge < -0.3 is 4.74 Å². The van der Waals surface area contributed by atoms with Gasteiger partial charge in [0.1, 0.15) is 5.75 Å². The van der Waals surface area contributed by atoms with E-state index >= 15 is 0 Å². The average molecular weight is 287 g/mol. The second-order valence-corrected chi connectivity index (χ2v) is 5.34. The van der Waals surface area contributed by atoms with Gasteiger partial charge in [0.05, 0.1) is 12.2 Å². The molecule has 0 saturated carbocycles. The molecule has 0 saturated heterocycles. The third kappa shape index (κ3) is 2.56. The topological polar surface area (TPSA) is 26.3 Å². The molecule has 0 atom stereocenters. The quantitative estimate of drug-likeness (QED) is 0.795. The largest absolute Gasteiger partial charge is 0.493 e. The van der Waals surface area contributed by atoms with Crippen molar-refractivity contribution in [3.8, 4) is 5.75 Å². The molecule has 0 bridgehead atoms. The second-order valence-electron chi connectivity index (χ2n) is 4.94. The highest BCUT2D eigenvalue weighted by atomic mass is 35.5. The minimum atomic E-state index is 0.0526. The number of hydrogen-bond donors (Lipinski definition) is 0. The molecule has 20 heavy (non-hydrogen) atoms. The molecular weight excluding hydrogens is 272 g/mol. The van der Waals surface area contributed by atoms with Crippen molar-refractivity contribution in [1.82, 2.24) is 0 Å². The predicted octanol–water partition coefficient (Wildman–Crippen LogP) is 4.09. The number of benzene rings is 2. The van der Waals surface area contributed by atoms with Gasteiger partial charge in [-0.3, -0.25) is 4.79 Å². The van der Waals surface area contributed by atoms with Crippen molar-refractivity contribution in [2.45, 2.75) is 19.3 Å². The Morgan fingerprint density at radius 3 is 2.85 bits per heavy atom. The fraction of sp³-hybridized carbons (Fsp3) is 0.235. The minimum Gasteiger partial charge on any atom is -0.493 e. The first-order valence-electron chi connectivity index (χ1n) is 6.77. The van der Waals surface area contributed by atoms with E-state index in [0.29, 0.717) is 23.6 Å². The van der Waals surface area contributed by atoms with Crippen molar-refractivity contribution in [3.63, 3.8) is 0 Å². The van der Waals surface area contributed by atoms with Crippen LogP contribution in [0.25, 0.3) is 0 Å². The summed E-state index contributed by atoms with van der Waals surface area (Å²) in [5.41, 5.74) is 2.65. The molecule has 0 spiro atoms. The normalized spacial score (nSPS) is 13.4. The van der Waals surface area contributed by atoms with Gasteiger partial charge in [-0.15, -0.1) is 0 Å². The van der Waals surface area contributed by atoms with Crippen LogP contribution >= 0.6 is 11.6 Å². The third-order valence-corrected chi connectivity index (χ3v) is 3.91. The summed E-state index contributed by atoms with van der Waals surface area (Å²) < 4.78 is 5.69. The highest BCUT2D eigenvalue weighted by molar-refractivity contribution is 6.31. The Labute approximate surface area is 123 Å². The molecule has 0 aromatic heterocycles. The summed E-state index contributed by atoms with van der Waals surface area (Å²) in [4.78, 5) is 12.5. The van der Waals surface area contributed by atoms with Crippen molar-refractivity contribution in [2.24, 2.45) is 0 Å². The SMILES string of the molecule is O=C(Cc1ccccc1Cl)c1cccc2c1OCCC2. The molecule has 3 rings (SSSR count). The number of hydrogen-bond acceptors (Lipinski definition) is 2. The van der Waals surface area contributed by atoms with Crippen LogP contribution in [-0.4, -0.2) is 12.4 Å². The first-order chi connectivity index (χ1) is 9.75. The van der Waals surface area contributed by atoms with Crippen LogP contribution in [-0.2, 0) is 12.8 Å². The molecule has 1 heterocycles. The summed E-state index contributed by atoms with van der Waals surface area (Å²) in [6, 6.07) is 13.2. The van der Waals surface area contributed by atoms with Gasteiger partial charge in [0.25, 0.3) is 0 Å². The lowest BCUT2D eigenvalue weighted by Crippen LogP contribution is -2.14. The predicted molar refractivity (Wildman–Crippen MR) is 79.7 cm³/mol. The summed E-state index contributed by atoms with van der Waals surface area (Å²) in [5.74, 6) is 0.813. The van der Waals surface area contributed by atoms with Crippen molar-refractivity contribution < 1.29 is 9.53 Å². The van der Waals surface area contributed by atoms with Crippen LogP contribution in [0.3, 0.4) is 0 Å². The van der Waals surface area contributed by atoms with Crippen molar-refractivity contribution in [2.75, 3.05) is 6.61 Å². The summed E-state index contributed by atoms with van der Waals surface area (Å²) >= 11 is 6.12. The number of para-hydroxylation sites is 1. The van der Waals surface area contributed by atoms with Crippen molar-refractivity contribution in [3.05, 3.63) is 64.2 Å². The third-order valence-electron chi connectivity index (χ3n) is 3.54. The highest BCUT2D eigenvalue weighted by Gasteiger charge is 2.19.